The van der Waals surface area contributed by atoms with Crippen LogP contribution in [0.25, 0.3) is 11.1 Å². The minimum absolute atomic E-state index is 0. The second kappa shape index (κ2) is 48.5. The van der Waals surface area contributed by atoms with Gasteiger partial charge in [-0.1, -0.05) is 249 Å². The molecule has 0 aliphatic heterocycles. The molecule has 2 aromatic rings. The molecule has 0 aromatic heterocycles. The van der Waals surface area contributed by atoms with E-state index in [1.54, 1.807) is 0 Å². The van der Waals surface area contributed by atoms with Gasteiger partial charge in [0, 0.05) is 0 Å². The van der Waals surface area contributed by atoms with E-state index in [1.165, 1.54) is 236 Å². The second-order valence-corrected chi connectivity index (χ2v) is 19.1. The monoisotopic (exact) mass is 947 g/mol. The molecule has 0 aliphatic carbocycles. The maximum Gasteiger partial charge on any atom is 2.00 e. The first-order valence-electron chi connectivity index (χ1n) is 27.5. The van der Waals surface area contributed by atoms with Crippen LogP contribution in [0.1, 0.15) is 273 Å². The Hall–Kier alpha value is -2.95. The fourth-order valence-electron chi connectivity index (χ4n) is 9.19. The summed E-state index contributed by atoms with van der Waals surface area (Å²) in [5.41, 5.74) is 22.0. The Balaban J connectivity index is 0. The van der Waals surface area contributed by atoms with Gasteiger partial charge in [-0.3, -0.25) is 0 Å². The van der Waals surface area contributed by atoms with Crippen molar-refractivity contribution < 1.29 is 21.3 Å². The Morgan fingerprint density at radius 2 is 0.788 bits per heavy atom. The molecule has 0 bridgehead atoms. The van der Waals surface area contributed by atoms with Gasteiger partial charge in [0.1, 0.15) is 0 Å². The van der Waals surface area contributed by atoms with Crippen molar-refractivity contribution in [2.45, 2.75) is 266 Å². The van der Waals surface area contributed by atoms with E-state index in [-0.39, 0.29) is 16.5 Å². The molecule has 2 rings (SSSR count). The van der Waals surface area contributed by atoms with Crippen LogP contribution >= 0.6 is 0 Å². The molecule has 0 aliphatic rings. The molecule has 66 heavy (non-hydrogen) atoms. The number of allylic oxidation sites excluding steroid dienone is 4. The summed E-state index contributed by atoms with van der Waals surface area (Å²) in [6.45, 7) is 26.7. The first kappa shape index (κ1) is 65.1. The third-order valence-corrected chi connectivity index (χ3v) is 12.7. The molecule has 2 aromatic carbocycles. The fourth-order valence-corrected chi connectivity index (χ4v) is 9.19. The van der Waals surface area contributed by atoms with Gasteiger partial charge in [-0.2, -0.15) is 0 Å². The van der Waals surface area contributed by atoms with E-state index in [4.69, 9.17) is 0 Å². The summed E-state index contributed by atoms with van der Waals surface area (Å²) < 4.78 is 0. The maximum absolute atomic E-state index is 10.0. The molecule has 0 unspecified atom stereocenters. The Morgan fingerprint density at radius 1 is 0.470 bits per heavy atom. The number of unbranched alkanes of at least 4 members (excludes halogenated alkanes) is 27. The Labute approximate surface area is 422 Å². The number of benzene rings is 2. The predicted molar refractivity (Wildman–Crippen MR) is 294 cm³/mol. The molecule has 0 saturated carbocycles. The molecule has 0 spiro atoms. The van der Waals surface area contributed by atoms with Crippen molar-refractivity contribution in [3.63, 3.8) is 0 Å². The van der Waals surface area contributed by atoms with E-state index in [0.29, 0.717) is 0 Å². The number of aryl methyl sites for hydroxylation is 4. The van der Waals surface area contributed by atoms with Crippen LogP contribution < -0.4 is 0 Å². The van der Waals surface area contributed by atoms with E-state index in [2.05, 4.69) is 116 Å². The molecular formula is C63H104N2Ni. The fraction of sp³-hybridized carbons (Fsp3) is 0.651. The summed E-state index contributed by atoms with van der Waals surface area (Å²) in [5.74, 6) is 3.17. The van der Waals surface area contributed by atoms with Crippen LogP contribution in [0.5, 0.6) is 0 Å². The molecule has 0 atom stereocenters. The smallest absolute Gasteiger partial charge is 0.348 e. The van der Waals surface area contributed by atoms with Crippen molar-refractivity contribution in [1.29, 1.82) is 0 Å². The van der Waals surface area contributed by atoms with Crippen LogP contribution in [-0.4, -0.2) is 10.7 Å². The van der Waals surface area contributed by atoms with E-state index < -0.39 is 0 Å². The first-order chi connectivity index (χ1) is 31.8. The zero-order valence-corrected chi connectivity index (χ0v) is 45.4. The third-order valence-electron chi connectivity index (χ3n) is 12.7. The number of hydrogen-bond acceptors (Lipinski definition) is 0. The molecule has 0 heterocycles. The predicted octanol–water partition coefficient (Wildman–Crippen LogP) is 21.0. The first-order valence-corrected chi connectivity index (χ1v) is 27.5. The normalized spacial score (nSPS) is 10.9. The summed E-state index contributed by atoms with van der Waals surface area (Å²) in [5, 5.41) is 0. The topological polar surface area (TPSA) is 36.4 Å². The van der Waals surface area contributed by atoms with E-state index in [0.717, 1.165) is 50.5 Å². The van der Waals surface area contributed by atoms with Crippen LogP contribution in [-0.2, 0) is 29.3 Å². The van der Waals surface area contributed by atoms with Crippen LogP contribution in [0.2, 0.25) is 0 Å². The SMILES string of the molecule is C=C[CH2-].C=C[CH2-].CCCCCCCCCCCCCCCCCCCCCCCC(=C=[N+]=[N-])C(CCCC)=C(c1cc(C)cc(C)c1)c1cc(CCCCCC)cc(CCCCCC)c1.[Ni+2]. The summed E-state index contributed by atoms with van der Waals surface area (Å²) in [6.07, 6.45) is 49.0. The minimum atomic E-state index is 0. The Bertz CT molecular complexity index is 1510. The molecule has 0 amide bonds. The zero-order valence-electron chi connectivity index (χ0n) is 44.4. The standard InChI is InChI=1S/C57H94N2.2C3H5.Ni/c1-7-11-15-18-19-20-21-22-23-24-25-26-27-28-29-30-31-32-33-34-37-40-53(48-59-58)56(41-14-10-4)57(54-43-49(5)42-50(6)44-54)55-46-51(38-35-16-12-8-2)45-52(47-55)39-36-17-13-9-3;2*1-3-2;/h42-47H,7-41H2,1-6H3;2*3H,1-2H2;/q;2*-1;+2. The van der Waals surface area contributed by atoms with Crippen LogP contribution in [0.4, 0.5) is 0 Å². The molecule has 0 radical (unpaired) electrons. The number of hydrogen-bond donors (Lipinski definition) is 0. The minimum Gasteiger partial charge on any atom is -0.348 e. The van der Waals surface area contributed by atoms with Gasteiger partial charge in [-0.25, -0.2) is 39.2 Å². The van der Waals surface area contributed by atoms with Crippen LogP contribution in [0, 0.1) is 27.7 Å². The van der Waals surface area contributed by atoms with Gasteiger partial charge in [0.2, 0.25) is 0 Å². The molecule has 3 heteroatoms. The average Bonchev–Trinajstić information content (AvgIpc) is 3.28. The summed E-state index contributed by atoms with van der Waals surface area (Å²) in [6, 6.07) is 14.6. The van der Waals surface area contributed by atoms with Crippen LogP contribution in [0.3, 0.4) is 0 Å². The molecular weight excluding hydrogens is 843 g/mol. The van der Waals surface area contributed by atoms with Crippen molar-refractivity contribution in [3.8, 4) is 0 Å². The van der Waals surface area contributed by atoms with Gasteiger partial charge >= 0.3 is 22.4 Å². The Morgan fingerprint density at radius 3 is 1.14 bits per heavy atom. The van der Waals surface area contributed by atoms with E-state index >= 15 is 0 Å². The van der Waals surface area contributed by atoms with Crippen LogP contribution in [0.15, 0.2) is 72.9 Å². The van der Waals surface area contributed by atoms with Gasteiger partial charge in [0.25, 0.3) is 0 Å². The third kappa shape index (κ3) is 35.2. The number of rotatable bonds is 38. The van der Waals surface area contributed by atoms with Gasteiger partial charge in [-0.15, -0.1) is 4.79 Å². The maximum atomic E-state index is 10.0. The summed E-state index contributed by atoms with van der Waals surface area (Å²) >= 11 is 0. The van der Waals surface area contributed by atoms with Crippen molar-refractivity contribution >= 4 is 11.4 Å². The summed E-state index contributed by atoms with van der Waals surface area (Å²) in [7, 11) is 0. The van der Waals surface area contributed by atoms with Gasteiger partial charge < -0.3 is 5.53 Å². The van der Waals surface area contributed by atoms with Gasteiger partial charge in [0.15, 0.2) is 0 Å². The zero-order chi connectivity index (χ0) is 48.0. The van der Waals surface area contributed by atoms with Gasteiger partial charge in [-0.05, 0) is 98.6 Å². The molecule has 376 valence electrons. The van der Waals surface area contributed by atoms with Crippen molar-refractivity contribution in [1.82, 2.24) is 0 Å². The summed E-state index contributed by atoms with van der Waals surface area (Å²) in [4.78, 5) is 3.61. The van der Waals surface area contributed by atoms with Gasteiger partial charge in [0.05, 0.1) is 5.57 Å². The van der Waals surface area contributed by atoms with Crippen molar-refractivity contribution in [2.24, 2.45) is 0 Å². The second-order valence-electron chi connectivity index (χ2n) is 19.1. The average molecular weight is 948 g/mol. The number of nitrogens with zero attached hydrogens (tertiary/aromatic N) is 2. The molecule has 0 fully saturated rings. The van der Waals surface area contributed by atoms with E-state index in [1.807, 2.05) is 0 Å². The molecule has 0 saturated heterocycles. The van der Waals surface area contributed by atoms with E-state index in [9.17, 15) is 5.53 Å². The van der Waals surface area contributed by atoms with Crippen molar-refractivity contribution in [2.75, 3.05) is 0 Å². The largest absolute Gasteiger partial charge is 2.00 e. The molecule has 2 nitrogen and oxygen atoms in total. The van der Waals surface area contributed by atoms with Crippen molar-refractivity contribution in [3.05, 3.63) is 126 Å². The Kier molecular flexibility index (Phi) is 47.9. The quantitative estimate of drug-likeness (QED) is 0.0122. The molecule has 0 N–H and O–H groups in total.